The first-order valence-corrected chi connectivity index (χ1v) is 15.3. The molecule has 1 aromatic carbocycles. The molecule has 39 heavy (non-hydrogen) atoms. The highest BCUT2D eigenvalue weighted by atomic mass is 79.9. The van der Waals surface area contributed by atoms with E-state index in [9.17, 15) is 14.4 Å². The molecule has 3 fully saturated rings. The molecular weight excluding hydrogens is 580 g/mol. The first kappa shape index (κ1) is 28.1. The molecule has 0 bridgehead atoms. The lowest BCUT2D eigenvalue weighted by Crippen LogP contribution is -2.68. The number of halogens is 1. The number of carbonyl (C=O) groups excluding carboxylic acids is 3. The summed E-state index contributed by atoms with van der Waals surface area (Å²) in [7, 11) is 0. The van der Waals surface area contributed by atoms with E-state index in [1.807, 2.05) is 35.7 Å². The first-order chi connectivity index (χ1) is 18.7. The molecule has 0 radical (unpaired) electrons. The van der Waals surface area contributed by atoms with Gasteiger partial charge in [-0.2, -0.15) is 0 Å². The largest absolute Gasteiger partial charge is 0.457 e. The van der Waals surface area contributed by atoms with Crippen LogP contribution in [0.2, 0.25) is 0 Å². The average Bonchev–Trinajstić information content (AvgIpc) is 3.59. The van der Waals surface area contributed by atoms with E-state index in [-0.39, 0.29) is 23.9 Å². The number of carbonyl (C=O) groups is 3. The summed E-state index contributed by atoms with van der Waals surface area (Å²) in [5, 5.41) is 5.20. The lowest BCUT2D eigenvalue weighted by atomic mass is 9.55. The molecule has 208 valence electrons. The van der Waals surface area contributed by atoms with Crippen LogP contribution in [0, 0.1) is 5.92 Å². The Morgan fingerprint density at radius 2 is 1.97 bits per heavy atom. The number of benzene rings is 1. The van der Waals surface area contributed by atoms with E-state index in [4.69, 9.17) is 9.47 Å². The third-order valence-corrected chi connectivity index (χ3v) is 9.89. The van der Waals surface area contributed by atoms with E-state index < -0.39 is 11.0 Å². The van der Waals surface area contributed by atoms with E-state index in [1.165, 1.54) is 26.7 Å². The number of hydrogen-bond acceptors (Lipinski definition) is 7. The van der Waals surface area contributed by atoms with Gasteiger partial charge in [0.05, 0.1) is 0 Å². The van der Waals surface area contributed by atoms with Crippen molar-refractivity contribution in [2.75, 3.05) is 19.6 Å². The van der Waals surface area contributed by atoms with Crippen LogP contribution < -0.4 is 10.1 Å². The molecule has 0 spiro atoms. The summed E-state index contributed by atoms with van der Waals surface area (Å²) in [6, 6.07) is 9.50. The zero-order valence-electron chi connectivity index (χ0n) is 22.4. The predicted molar refractivity (Wildman–Crippen MR) is 155 cm³/mol. The van der Waals surface area contributed by atoms with Crippen LogP contribution in [0.1, 0.15) is 62.8 Å². The third kappa shape index (κ3) is 6.47. The number of nitrogens with one attached hydrogen (secondary N) is 1. The van der Waals surface area contributed by atoms with E-state index in [0.29, 0.717) is 31.6 Å². The molecule has 9 heteroatoms. The van der Waals surface area contributed by atoms with Gasteiger partial charge >= 0.3 is 11.9 Å². The smallest absolute Gasteiger partial charge is 0.308 e. The highest BCUT2D eigenvalue weighted by Crippen LogP contribution is 2.54. The maximum atomic E-state index is 12.9. The lowest BCUT2D eigenvalue weighted by Gasteiger charge is -2.59. The number of ether oxygens (including phenoxy) is 2. The van der Waals surface area contributed by atoms with Crippen LogP contribution in [-0.2, 0) is 24.5 Å². The van der Waals surface area contributed by atoms with Gasteiger partial charge in [0.2, 0.25) is 5.91 Å². The summed E-state index contributed by atoms with van der Waals surface area (Å²) < 4.78 is 12.8. The second-order valence-corrected chi connectivity index (χ2v) is 13.0. The highest BCUT2D eigenvalue weighted by molar-refractivity contribution is 9.10. The summed E-state index contributed by atoms with van der Waals surface area (Å²) in [5.41, 5.74) is -0.291. The first-order valence-electron chi connectivity index (χ1n) is 13.6. The van der Waals surface area contributed by atoms with Gasteiger partial charge < -0.3 is 14.8 Å². The quantitative estimate of drug-likeness (QED) is 0.241. The maximum absolute atomic E-state index is 12.9. The molecule has 2 aromatic rings. The number of nitrogens with zero attached hydrogens (tertiary/aromatic N) is 1. The molecule has 3 aliphatic rings. The van der Waals surface area contributed by atoms with Crippen LogP contribution in [0.25, 0.3) is 6.08 Å². The SMILES string of the molecule is CC(=O)Oc1cccc([C@@]23CCN(CC4CC4)C[C@@]2(OC(C)=O)CC[C@@H](NC(=O)C=Cc2cc(Br)cs2)C3)c1. The predicted octanol–water partition coefficient (Wildman–Crippen LogP) is 5.47. The van der Waals surface area contributed by atoms with Crippen molar-refractivity contribution in [3.8, 4) is 5.75 Å². The standard InChI is InChI=1S/C30H35BrN2O5S/c1-20(34)37-26-5-3-4-23(14-26)29-12-13-33(17-22-6-7-22)19-30(29,38-21(2)35)11-10-25(16-29)32-28(36)9-8-27-15-24(31)18-39-27/h3-5,8-9,14-15,18,22,25H,6-7,10-13,16-17,19H2,1-2H3,(H,32,36)/t25-,29+,30+/m1/s1. The van der Waals surface area contributed by atoms with Gasteiger partial charge in [-0.1, -0.05) is 12.1 Å². The van der Waals surface area contributed by atoms with Gasteiger partial charge in [-0.3, -0.25) is 19.3 Å². The van der Waals surface area contributed by atoms with E-state index in [1.54, 1.807) is 23.5 Å². The highest BCUT2D eigenvalue weighted by Gasteiger charge is 2.61. The van der Waals surface area contributed by atoms with Crippen LogP contribution >= 0.6 is 27.3 Å². The van der Waals surface area contributed by atoms with Crippen molar-refractivity contribution in [3.63, 3.8) is 0 Å². The molecule has 1 N–H and O–H groups in total. The normalized spacial score (nSPS) is 27.1. The van der Waals surface area contributed by atoms with Gasteiger partial charge in [0.1, 0.15) is 11.4 Å². The van der Waals surface area contributed by atoms with Gasteiger partial charge in [0.15, 0.2) is 0 Å². The van der Waals surface area contributed by atoms with Crippen molar-refractivity contribution in [1.29, 1.82) is 0 Å². The summed E-state index contributed by atoms with van der Waals surface area (Å²) in [5.74, 6) is 0.387. The van der Waals surface area contributed by atoms with Crippen LogP contribution in [0.15, 0.2) is 46.3 Å². The molecule has 1 aromatic heterocycles. The number of fused-ring (bicyclic) bond motifs is 1. The van der Waals surface area contributed by atoms with Crippen LogP contribution in [-0.4, -0.2) is 54.0 Å². The molecular formula is C30H35BrN2O5S. The zero-order chi connectivity index (χ0) is 27.6. The minimum absolute atomic E-state index is 0.0896. The number of piperidine rings is 1. The fraction of sp³-hybridized carbons (Fsp3) is 0.500. The Kier molecular flexibility index (Phi) is 8.31. The fourth-order valence-electron chi connectivity index (χ4n) is 6.48. The average molecular weight is 616 g/mol. The molecule has 7 nitrogen and oxygen atoms in total. The number of hydrogen-bond donors (Lipinski definition) is 1. The molecule has 5 rings (SSSR count). The molecule has 3 atom stereocenters. The summed E-state index contributed by atoms with van der Waals surface area (Å²) >= 11 is 5.01. The minimum atomic E-state index is -0.735. The van der Waals surface area contributed by atoms with Gasteiger partial charge in [-0.15, -0.1) is 11.3 Å². The Hall–Kier alpha value is -2.49. The van der Waals surface area contributed by atoms with Crippen LogP contribution in [0.3, 0.4) is 0 Å². The second kappa shape index (κ2) is 11.6. The Morgan fingerprint density at radius 3 is 2.67 bits per heavy atom. The molecule has 0 unspecified atom stereocenters. The molecule has 1 saturated heterocycles. The molecule has 2 saturated carbocycles. The maximum Gasteiger partial charge on any atom is 0.308 e. The van der Waals surface area contributed by atoms with Crippen molar-refractivity contribution < 1.29 is 23.9 Å². The Morgan fingerprint density at radius 1 is 1.15 bits per heavy atom. The number of rotatable bonds is 8. The van der Waals surface area contributed by atoms with Gasteiger partial charge in [-0.05, 0) is 96.8 Å². The fourth-order valence-corrected chi connectivity index (χ4v) is 7.81. The number of thiophene rings is 1. The number of amides is 1. The molecule has 2 aliphatic carbocycles. The summed E-state index contributed by atoms with van der Waals surface area (Å²) in [6.07, 6.45) is 8.68. The topological polar surface area (TPSA) is 84.9 Å². The van der Waals surface area contributed by atoms with Gasteiger partial charge in [0, 0.05) is 59.2 Å². The zero-order valence-corrected chi connectivity index (χ0v) is 24.8. The van der Waals surface area contributed by atoms with Gasteiger partial charge in [-0.25, -0.2) is 0 Å². The number of likely N-dealkylation sites (tertiary alicyclic amines) is 1. The van der Waals surface area contributed by atoms with E-state index in [0.717, 1.165) is 40.3 Å². The van der Waals surface area contributed by atoms with Crippen LogP contribution in [0.5, 0.6) is 5.75 Å². The van der Waals surface area contributed by atoms with Crippen molar-refractivity contribution in [2.45, 2.75) is 69.4 Å². The Bertz CT molecular complexity index is 1270. The number of esters is 2. The molecule has 1 aliphatic heterocycles. The van der Waals surface area contributed by atoms with Crippen molar-refractivity contribution >= 4 is 51.2 Å². The Balaban J connectivity index is 1.45. The monoisotopic (exact) mass is 614 g/mol. The Labute approximate surface area is 242 Å². The third-order valence-electron chi connectivity index (χ3n) is 8.23. The van der Waals surface area contributed by atoms with Crippen molar-refractivity contribution in [2.24, 2.45) is 5.92 Å². The van der Waals surface area contributed by atoms with Crippen molar-refractivity contribution in [3.05, 3.63) is 56.7 Å². The van der Waals surface area contributed by atoms with Crippen molar-refractivity contribution in [1.82, 2.24) is 10.2 Å². The van der Waals surface area contributed by atoms with Crippen LogP contribution in [0.4, 0.5) is 0 Å². The van der Waals surface area contributed by atoms with E-state index >= 15 is 0 Å². The lowest BCUT2D eigenvalue weighted by molar-refractivity contribution is -0.187. The van der Waals surface area contributed by atoms with E-state index in [2.05, 4.69) is 26.1 Å². The summed E-state index contributed by atoms with van der Waals surface area (Å²) in [4.78, 5) is 40.7. The molecule has 1 amide bonds. The second-order valence-electron chi connectivity index (χ2n) is 11.2. The minimum Gasteiger partial charge on any atom is -0.457 e. The summed E-state index contributed by atoms with van der Waals surface area (Å²) in [6.45, 7) is 5.44. The van der Waals surface area contributed by atoms with Gasteiger partial charge in [0.25, 0.3) is 0 Å². The molecule has 2 heterocycles.